The minimum absolute atomic E-state index is 0.107. The maximum absolute atomic E-state index is 12.6. The summed E-state index contributed by atoms with van der Waals surface area (Å²) in [4.78, 5) is 14.1. The molecule has 5 nitrogen and oxygen atoms in total. The van der Waals surface area contributed by atoms with Gasteiger partial charge in [0.05, 0.1) is 7.11 Å². The van der Waals surface area contributed by atoms with E-state index in [1.165, 1.54) is 30.2 Å². The van der Waals surface area contributed by atoms with Crippen LogP contribution in [-0.2, 0) is 6.54 Å². The average molecular weight is 418 g/mol. The van der Waals surface area contributed by atoms with Crippen LogP contribution in [0.15, 0.2) is 60.7 Å². The van der Waals surface area contributed by atoms with Crippen LogP contribution in [-0.4, -0.2) is 37.9 Å². The molecule has 3 rings (SSSR count). The second kappa shape index (κ2) is 8.94. The Balaban J connectivity index is 1.71. The summed E-state index contributed by atoms with van der Waals surface area (Å²) < 4.78 is 47.2. The number of carbonyl (C=O) groups excluding carboxylic acids is 1. The second-order valence-electron chi connectivity index (χ2n) is 6.69. The number of amides is 2. The van der Waals surface area contributed by atoms with E-state index in [9.17, 15) is 18.0 Å². The summed E-state index contributed by atoms with van der Waals surface area (Å²) in [5, 5.41) is 4.79. The number of carbonyl (C=O) groups is 1. The SMILES string of the molecule is COc1ccc(NC(=O)N(C)Cc2cccc3ccccc23)cc1OCC(F)(F)F. The third-order valence-corrected chi connectivity index (χ3v) is 4.44. The van der Waals surface area contributed by atoms with Gasteiger partial charge in [-0.25, -0.2) is 4.79 Å². The summed E-state index contributed by atoms with van der Waals surface area (Å²) in [6.45, 7) is -1.09. The summed E-state index contributed by atoms with van der Waals surface area (Å²) in [7, 11) is 2.97. The molecule has 3 aromatic rings. The monoisotopic (exact) mass is 418 g/mol. The van der Waals surface area contributed by atoms with Crippen LogP contribution in [0.4, 0.5) is 23.7 Å². The van der Waals surface area contributed by atoms with Gasteiger partial charge in [-0.05, 0) is 28.5 Å². The Bertz CT molecular complexity index is 1030. The van der Waals surface area contributed by atoms with Crippen molar-refractivity contribution in [3.05, 3.63) is 66.2 Å². The Morgan fingerprint density at radius 3 is 2.50 bits per heavy atom. The first-order valence-electron chi connectivity index (χ1n) is 9.13. The minimum atomic E-state index is -4.48. The molecule has 30 heavy (non-hydrogen) atoms. The van der Waals surface area contributed by atoms with Gasteiger partial charge in [0.2, 0.25) is 0 Å². The topological polar surface area (TPSA) is 50.8 Å². The molecule has 0 fully saturated rings. The zero-order valence-electron chi connectivity index (χ0n) is 16.5. The molecule has 1 N–H and O–H groups in total. The number of nitrogens with one attached hydrogen (secondary N) is 1. The number of methoxy groups -OCH3 is 1. The van der Waals surface area contributed by atoms with Crippen LogP contribution in [0.2, 0.25) is 0 Å². The van der Waals surface area contributed by atoms with E-state index in [0.29, 0.717) is 12.2 Å². The molecule has 0 saturated heterocycles. The number of hydrogen-bond donors (Lipinski definition) is 1. The van der Waals surface area contributed by atoms with Crippen molar-refractivity contribution in [1.29, 1.82) is 0 Å². The molecule has 0 aliphatic heterocycles. The molecule has 158 valence electrons. The van der Waals surface area contributed by atoms with E-state index >= 15 is 0 Å². The molecule has 3 aromatic carbocycles. The van der Waals surface area contributed by atoms with E-state index in [1.54, 1.807) is 7.05 Å². The van der Waals surface area contributed by atoms with Crippen molar-refractivity contribution in [2.24, 2.45) is 0 Å². The largest absolute Gasteiger partial charge is 0.493 e. The molecule has 0 aliphatic rings. The van der Waals surface area contributed by atoms with Crippen molar-refractivity contribution in [2.45, 2.75) is 12.7 Å². The summed E-state index contributed by atoms with van der Waals surface area (Å²) in [6, 6.07) is 17.6. The molecule has 0 radical (unpaired) electrons. The highest BCUT2D eigenvalue weighted by Gasteiger charge is 2.29. The van der Waals surface area contributed by atoms with Crippen molar-refractivity contribution in [3.63, 3.8) is 0 Å². The van der Waals surface area contributed by atoms with Gasteiger partial charge in [0, 0.05) is 25.3 Å². The van der Waals surface area contributed by atoms with E-state index in [4.69, 9.17) is 9.47 Å². The van der Waals surface area contributed by atoms with E-state index in [-0.39, 0.29) is 11.5 Å². The standard InChI is InChI=1S/C22H21F3N2O3/c1-27(13-16-8-5-7-15-6-3-4-9-18(15)16)21(28)26-17-10-11-19(29-2)20(12-17)30-14-22(23,24)25/h3-12H,13-14H2,1-2H3,(H,26,28). The van der Waals surface area contributed by atoms with Crippen molar-refractivity contribution in [1.82, 2.24) is 4.90 Å². The van der Waals surface area contributed by atoms with Gasteiger partial charge in [0.1, 0.15) is 0 Å². The van der Waals surface area contributed by atoms with Crippen molar-refractivity contribution in [2.75, 3.05) is 26.1 Å². The Labute approximate surface area is 172 Å². The molecular weight excluding hydrogens is 397 g/mol. The van der Waals surface area contributed by atoms with E-state index in [1.807, 2.05) is 42.5 Å². The number of alkyl halides is 3. The van der Waals surface area contributed by atoms with Crippen molar-refractivity contribution >= 4 is 22.5 Å². The summed E-state index contributed by atoms with van der Waals surface area (Å²) in [5.41, 5.74) is 1.28. The minimum Gasteiger partial charge on any atom is -0.493 e. The zero-order chi connectivity index (χ0) is 21.7. The fourth-order valence-corrected chi connectivity index (χ4v) is 3.00. The Hall–Kier alpha value is -3.42. The van der Waals surface area contributed by atoms with Crippen LogP contribution in [0.5, 0.6) is 11.5 Å². The maximum Gasteiger partial charge on any atom is 0.422 e. The van der Waals surface area contributed by atoms with Gasteiger partial charge in [-0.2, -0.15) is 13.2 Å². The number of urea groups is 1. The number of halogens is 3. The first-order chi connectivity index (χ1) is 14.3. The third-order valence-electron chi connectivity index (χ3n) is 4.44. The Morgan fingerprint density at radius 2 is 1.77 bits per heavy atom. The highest BCUT2D eigenvalue weighted by Crippen LogP contribution is 2.32. The van der Waals surface area contributed by atoms with E-state index in [0.717, 1.165) is 16.3 Å². The van der Waals surface area contributed by atoms with Crippen LogP contribution < -0.4 is 14.8 Å². The normalized spacial score (nSPS) is 11.2. The van der Waals surface area contributed by atoms with E-state index < -0.39 is 18.8 Å². The van der Waals surface area contributed by atoms with Crippen molar-refractivity contribution in [3.8, 4) is 11.5 Å². The molecule has 0 heterocycles. The number of ether oxygens (including phenoxy) is 2. The lowest BCUT2D eigenvalue weighted by Crippen LogP contribution is -2.30. The fraction of sp³-hybridized carbons (Fsp3) is 0.227. The Kier molecular flexibility index (Phi) is 6.34. The predicted molar refractivity (Wildman–Crippen MR) is 109 cm³/mol. The van der Waals surface area contributed by atoms with Gasteiger partial charge >= 0.3 is 12.2 Å². The van der Waals surface area contributed by atoms with Gasteiger partial charge < -0.3 is 19.7 Å². The molecule has 0 bridgehead atoms. The van der Waals surface area contributed by atoms with Gasteiger partial charge in [-0.15, -0.1) is 0 Å². The number of rotatable bonds is 6. The maximum atomic E-state index is 12.6. The summed E-state index contributed by atoms with van der Waals surface area (Å²) >= 11 is 0. The molecule has 0 atom stereocenters. The zero-order valence-corrected chi connectivity index (χ0v) is 16.5. The highest BCUT2D eigenvalue weighted by molar-refractivity contribution is 5.90. The quantitative estimate of drug-likeness (QED) is 0.579. The van der Waals surface area contributed by atoms with Crippen LogP contribution in [0, 0.1) is 0 Å². The van der Waals surface area contributed by atoms with Gasteiger partial charge in [-0.3, -0.25) is 0 Å². The van der Waals surface area contributed by atoms with Gasteiger partial charge in [0.15, 0.2) is 18.1 Å². The highest BCUT2D eigenvalue weighted by atomic mass is 19.4. The first-order valence-corrected chi connectivity index (χ1v) is 9.13. The number of benzene rings is 3. The second-order valence-corrected chi connectivity index (χ2v) is 6.69. The third kappa shape index (κ3) is 5.34. The number of nitrogens with zero attached hydrogens (tertiary/aromatic N) is 1. The smallest absolute Gasteiger partial charge is 0.422 e. The first kappa shape index (κ1) is 21.3. The predicted octanol–water partition coefficient (Wildman–Crippen LogP) is 5.45. The molecule has 0 spiro atoms. The van der Waals surface area contributed by atoms with E-state index in [2.05, 4.69) is 5.32 Å². The lowest BCUT2D eigenvalue weighted by Gasteiger charge is -2.20. The lowest BCUT2D eigenvalue weighted by atomic mass is 10.0. The molecule has 0 unspecified atom stereocenters. The number of fused-ring (bicyclic) bond motifs is 1. The van der Waals surface area contributed by atoms with Crippen LogP contribution in [0.3, 0.4) is 0 Å². The summed E-state index contributed by atoms with van der Waals surface area (Å²) in [6.07, 6.45) is -4.48. The average Bonchev–Trinajstić information content (AvgIpc) is 2.72. The molecule has 8 heteroatoms. The number of hydrogen-bond acceptors (Lipinski definition) is 3. The lowest BCUT2D eigenvalue weighted by molar-refractivity contribution is -0.153. The Morgan fingerprint density at radius 1 is 1.03 bits per heavy atom. The molecular formula is C22H21F3N2O3. The molecule has 0 aromatic heterocycles. The van der Waals surface area contributed by atoms with Crippen LogP contribution in [0.25, 0.3) is 10.8 Å². The summed E-state index contributed by atoms with van der Waals surface area (Å²) in [5.74, 6) is 0.0330. The molecule has 0 saturated carbocycles. The number of anilines is 1. The van der Waals surface area contributed by atoms with Crippen LogP contribution in [0.1, 0.15) is 5.56 Å². The van der Waals surface area contributed by atoms with Crippen LogP contribution >= 0.6 is 0 Å². The fourth-order valence-electron chi connectivity index (χ4n) is 3.00. The molecule has 0 aliphatic carbocycles. The van der Waals surface area contributed by atoms with Gasteiger partial charge in [0.25, 0.3) is 0 Å². The van der Waals surface area contributed by atoms with Gasteiger partial charge in [-0.1, -0.05) is 42.5 Å². The molecule has 2 amide bonds. The van der Waals surface area contributed by atoms with Crippen molar-refractivity contribution < 1.29 is 27.4 Å².